The topological polar surface area (TPSA) is 99.1 Å². The van der Waals surface area contributed by atoms with Gasteiger partial charge in [0.25, 0.3) is 0 Å². The van der Waals surface area contributed by atoms with Crippen LogP contribution in [0.5, 0.6) is 5.88 Å². The molecular weight excluding hydrogens is 294 g/mol. The lowest BCUT2D eigenvalue weighted by atomic mass is 10.1. The minimum atomic E-state index is 0.130. The van der Waals surface area contributed by atoms with E-state index in [-0.39, 0.29) is 30.6 Å². The molecule has 2 aliphatic carbocycles. The minimum absolute atomic E-state index is 0.130. The Morgan fingerprint density at radius 3 is 2.83 bits per heavy atom. The van der Waals surface area contributed by atoms with Gasteiger partial charge in [-0.3, -0.25) is 0 Å². The standard InChI is InChI=1S/C16H21N5O2/c17-16-19-14-13(15(20-16)23-12-3-1-2-4-12)18-9-21(14)11-6-5-10(7-11)8-22/h5-6,9-12,22H,1-4,7-8H2,(H2,17,19,20). The molecule has 0 amide bonds. The van der Waals surface area contributed by atoms with Crippen LogP contribution in [0.2, 0.25) is 0 Å². The van der Waals surface area contributed by atoms with E-state index in [0.29, 0.717) is 17.0 Å². The molecule has 23 heavy (non-hydrogen) atoms. The minimum Gasteiger partial charge on any atom is -0.473 e. The van der Waals surface area contributed by atoms with Crippen LogP contribution < -0.4 is 10.5 Å². The van der Waals surface area contributed by atoms with Gasteiger partial charge in [-0.25, -0.2) is 4.98 Å². The summed E-state index contributed by atoms with van der Waals surface area (Å²) in [5.74, 6) is 0.873. The highest BCUT2D eigenvalue weighted by Crippen LogP contribution is 2.33. The number of nitrogen functional groups attached to an aromatic ring is 1. The van der Waals surface area contributed by atoms with Crippen LogP contribution in [0.15, 0.2) is 18.5 Å². The second-order valence-electron chi connectivity index (χ2n) is 6.37. The van der Waals surface area contributed by atoms with E-state index in [0.717, 1.165) is 19.3 Å². The number of rotatable bonds is 4. The molecule has 0 spiro atoms. The van der Waals surface area contributed by atoms with Crippen LogP contribution in [0.1, 0.15) is 38.1 Å². The highest BCUT2D eigenvalue weighted by molar-refractivity contribution is 5.77. The average molecular weight is 315 g/mol. The lowest BCUT2D eigenvalue weighted by molar-refractivity contribution is 0.204. The van der Waals surface area contributed by atoms with Crippen molar-refractivity contribution in [2.75, 3.05) is 12.3 Å². The van der Waals surface area contributed by atoms with Crippen molar-refractivity contribution in [2.45, 2.75) is 44.2 Å². The summed E-state index contributed by atoms with van der Waals surface area (Å²) in [6, 6.07) is 0.130. The Bertz CT molecular complexity index is 735. The molecule has 4 rings (SSSR count). The largest absolute Gasteiger partial charge is 0.473 e. The number of ether oxygens (including phenoxy) is 1. The molecule has 2 unspecified atom stereocenters. The molecule has 1 fully saturated rings. The Hall–Kier alpha value is -2.15. The molecule has 2 aromatic rings. The van der Waals surface area contributed by atoms with E-state index in [1.54, 1.807) is 6.33 Å². The number of hydrogen-bond donors (Lipinski definition) is 2. The molecule has 2 aliphatic rings. The summed E-state index contributed by atoms with van der Waals surface area (Å²) in [6.45, 7) is 0.160. The van der Waals surface area contributed by atoms with E-state index in [1.807, 2.05) is 10.6 Å². The van der Waals surface area contributed by atoms with Gasteiger partial charge in [-0.15, -0.1) is 0 Å². The highest BCUT2D eigenvalue weighted by Gasteiger charge is 2.25. The molecule has 3 N–H and O–H groups in total. The van der Waals surface area contributed by atoms with E-state index >= 15 is 0 Å². The van der Waals surface area contributed by atoms with Crippen molar-refractivity contribution in [2.24, 2.45) is 5.92 Å². The van der Waals surface area contributed by atoms with Crippen molar-refractivity contribution in [3.8, 4) is 5.88 Å². The van der Waals surface area contributed by atoms with Gasteiger partial charge in [0.15, 0.2) is 11.2 Å². The smallest absolute Gasteiger partial charge is 0.247 e. The molecule has 2 aromatic heterocycles. The molecule has 0 aliphatic heterocycles. The van der Waals surface area contributed by atoms with Crippen molar-refractivity contribution in [1.82, 2.24) is 19.5 Å². The maximum Gasteiger partial charge on any atom is 0.247 e. The quantitative estimate of drug-likeness (QED) is 0.835. The summed E-state index contributed by atoms with van der Waals surface area (Å²) in [5.41, 5.74) is 7.23. The highest BCUT2D eigenvalue weighted by atomic mass is 16.5. The summed E-state index contributed by atoms with van der Waals surface area (Å²) in [5, 5.41) is 9.30. The first kappa shape index (κ1) is 14.4. The van der Waals surface area contributed by atoms with Crippen molar-refractivity contribution in [3.05, 3.63) is 18.5 Å². The van der Waals surface area contributed by atoms with Crippen LogP contribution in [0.3, 0.4) is 0 Å². The predicted octanol–water partition coefficient (Wildman–Crippen LogP) is 1.84. The van der Waals surface area contributed by atoms with Gasteiger partial charge >= 0.3 is 0 Å². The van der Waals surface area contributed by atoms with E-state index in [4.69, 9.17) is 10.5 Å². The van der Waals surface area contributed by atoms with E-state index in [1.165, 1.54) is 12.8 Å². The average Bonchev–Trinajstić information content (AvgIpc) is 3.26. The number of fused-ring (bicyclic) bond motifs is 1. The summed E-state index contributed by atoms with van der Waals surface area (Å²) >= 11 is 0. The number of anilines is 1. The molecule has 7 heteroatoms. The number of allylic oxidation sites excluding steroid dienone is 1. The zero-order valence-corrected chi connectivity index (χ0v) is 12.9. The molecule has 122 valence electrons. The van der Waals surface area contributed by atoms with Gasteiger partial charge in [-0.05, 0) is 32.1 Å². The Morgan fingerprint density at radius 1 is 1.26 bits per heavy atom. The Morgan fingerprint density at radius 2 is 2.09 bits per heavy atom. The number of aliphatic hydroxyl groups is 1. The first-order valence-electron chi connectivity index (χ1n) is 8.20. The predicted molar refractivity (Wildman–Crippen MR) is 86.0 cm³/mol. The first-order chi connectivity index (χ1) is 11.2. The zero-order chi connectivity index (χ0) is 15.8. The maximum atomic E-state index is 9.30. The fourth-order valence-corrected chi connectivity index (χ4v) is 3.49. The molecule has 0 saturated heterocycles. The number of imidazole rings is 1. The fourth-order valence-electron chi connectivity index (χ4n) is 3.49. The molecule has 0 aromatic carbocycles. The maximum absolute atomic E-state index is 9.30. The number of nitrogens with zero attached hydrogens (tertiary/aromatic N) is 4. The van der Waals surface area contributed by atoms with Gasteiger partial charge in [0.05, 0.1) is 12.4 Å². The monoisotopic (exact) mass is 315 g/mol. The Kier molecular flexibility index (Phi) is 3.65. The fraction of sp³-hybridized carbons (Fsp3) is 0.562. The molecule has 0 bridgehead atoms. The second kappa shape index (κ2) is 5.81. The van der Waals surface area contributed by atoms with Crippen molar-refractivity contribution >= 4 is 17.1 Å². The van der Waals surface area contributed by atoms with Gasteiger partial charge in [-0.1, -0.05) is 12.2 Å². The Balaban J connectivity index is 1.68. The molecular formula is C16H21N5O2. The molecule has 2 heterocycles. The third-order valence-corrected chi connectivity index (χ3v) is 4.73. The van der Waals surface area contributed by atoms with E-state index in [9.17, 15) is 5.11 Å². The Labute approximate surface area is 134 Å². The van der Waals surface area contributed by atoms with Gasteiger partial charge in [0.2, 0.25) is 11.8 Å². The number of aliphatic hydroxyl groups excluding tert-OH is 1. The molecule has 7 nitrogen and oxygen atoms in total. The lowest BCUT2D eigenvalue weighted by Crippen LogP contribution is -2.14. The van der Waals surface area contributed by atoms with Crippen LogP contribution in [-0.2, 0) is 0 Å². The van der Waals surface area contributed by atoms with Gasteiger partial charge in [0.1, 0.15) is 6.10 Å². The van der Waals surface area contributed by atoms with Crippen molar-refractivity contribution < 1.29 is 9.84 Å². The van der Waals surface area contributed by atoms with Crippen LogP contribution >= 0.6 is 0 Å². The van der Waals surface area contributed by atoms with E-state index < -0.39 is 0 Å². The lowest BCUT2D eigenvalue weighted by Gasteiger charge is -2.14. The van der Waals surface area contributed by atoms with Crippen LogP contribution in [0.4, 0.5) is 5.95 Å². The zero-order valence-electron chi connectivity index (χ0n) is 12.9. The normalized spacial score (nSPS) is 24.7. The van der Waals surface area contributed by atoms with Crippen LogP contribution in [0, 0.1) is 5.92 Å². The third kappa shape index (κ3) is 2.65. The van der Waals surface area contributed by atoms with Gasteiger partial charge in [-0.2, -0.15) is 9.97 Å². The summed E-state index contributed by atoms with van der Waals surface area (Å²) < 4.78 is 8.01. The SMILES string of the molecule is Nc1nc(OC2CCCC2)c2ncn(C3C=CC(CO)C3)c2n1. The van der Waals surface area contributed by atoms with Gasteiger partial charge in [0, 0.05) is 12.5 Å². The molecule has 2 atom stereocenters. The first-order valence-corrected chi connectivity index (χ1v) is 8.20. The van der Waals surface area contributed by atoms with Crippen LogP contribution in [0.25, 0.3) is 11.2 Å². The molecule has 1 saturated carbocycles. The summed E-state index contributed by atoms with van der Waals surface area (Å²) in [6.07, 6.45) is 11.4. The molecule has 0 radical (unpaired) electrons. The number of hydrogen-bond acceptors (Lipinski definition) is 6. The summed E-state index contributed by atoms with van der Waals surface area (Å²) in [4.78, 5) is 13.1. The van der Waals surface area contributed by atoms with E-state index in [2.05, 4.69) is 21.0 Å². The number of aromatic nitrogens is 4. The van der Waals surface area contributed by atoms with Crippen LogP contribution in [-0.4, -0.2) is 37.3 Å². The van der Waals surface area contributed by atoms with Crippen molar-refractivity contribution in [1.29, 1.82) is 0 Å². The van der Waals surface area contributed by atoms with Crippen molar-refractivity contribution in [3.63, 3.8) is 0 Å². The third-order valence-electron chi connectivity index (χ3n) is 4.73. The van der Waals surface area contributed by atoms with Gasteiger partial charge < -0.3 is 20.1 Å². The second-order valence-corrected chi connectivity index (χ2v) is 6.37. The number of nitrogens with two attached hydrogens (primary N) is 1. The summed E-state index contributed by atoms with van der Waals surface area (Å²) in [7, 11) is 0.